The largest absolute Gasteiger partial charge is 0.341 e. The molecular weight excluding hydrogens is 374 g/mol. The molecule has 0 saturated heterocycles. The van der Waals surface area contributed by atoms with Gasteiger partial charge in [-0.1, -0.05) is 50.6 Å². The van der Waals surface area contributed by atoms with Crippen molar-refractivity contribution in [1.82, 2.24) is 15.3 Å². The number of carbonyl (C=O) groups is 1. The van der Waals surface area contributed by atoms with Gasteiger partial charge in [-0.2, -0.15) is 0 Å². The highest BCUT2D eigenvalue weighted by Crippen LogP contribution is 2.24. The molecule has 2 N–H and O–H groups in total. The molecule has 3 aromatic rings. The average molecular weight is 396 g/mol. The number of benzene rings is 1. The predicted molar refractivity (Wildman–Crippen MR) is 111 cm³/mol. The fourth-order valence-corrected chi connectivity index (χ4v) is 2.99. The van der Waals surface area contributed by atoms with Crippen molar-refractivity contribution >= 4 is 17.5 Å². The predicted octanol–water partition coefficient (Wildman–Crippen LogP) is 4.24. The van der Waals surface area contributed by atoms with E-state index < -0.39 is 17.5 Å². The first-order chi connectivity index (χ1) is 13.3. The molecule has 0 radical (unpaired) electrons. The summed E-state index contributed by atoms with van der Waals surface area (Å²) in [5.41, 5.74) is 1.86. The normalized spacial score (nSPS) is 12.4. The lowest BCUT2D eigenvalue weighted by molar-refractivity contribution is 0.0941. The number of nitrogens with one attached hydrogen (secondary N) is 2. The molecule has 1 atom stereocenters. The summed E-state index contributed by atoms with van der Waals surface area (Å²) < 4.78 is 0. The van der Waals surface area contributed by atoms with Gasteiger partial charge in [0.2, 0.25) is 0 Å². The van der Waals surface area contributed by atoms with Crippen LogP contribution in [-0.4, -0.2) is 15.9 Å². The fraction of sp³-hybridized carbons (Fsp3) is 0.227. The van der Waals surface area contributed by atoms with Gasteiger partial charge in [-0.3, -0.25) is 14.6 Å². The minimum absolute atomic E-state index is 0.0656. The molecule has 1 aromatic carbocycles. The van der Waals surface area contributed by atoms with Crippen LogP contribution in [0.5, 0.6) is 0 Å². The van der Waals surface area contributed by atoms with Crippen molar-refractivity contribution < 1.29 is 4.79 Å². The molecule has 0 fully saturated rings. The minimum atomic E-state index is -0.458. The topological polar surface area (TPSA) is 74.8 Å². The summed E-state index contributed by atoms with van der Waals surface area (Å²) in [4.78, 5) is 32.3. The van der Waals surface area contributed by atoms with Crippen molar-refractivity contribution in [3.05, 3.63) is 98.7 Å². The maximum Gasteiger partial charge on any atom is 0.261 e. The van der Waals surface area contributed by atoms with Crippen molar-refractivity contribution in [2.75, 3.05) is 0 Å². The molecule has 5 nitrogen and oxygen atoms in total. The molecule has 2 heterocycles. The zero-order chi connectivity index (χ0) is 20.3. The van der Waals surface area contributed by atoms with Gasteiger partial charge in [-0.25, -0.2) is 0 Å². The lowest BCUT2D eigenvalue weighted by Crippen LogP contribution is -2.34. The van der Waals surface area contributed by atoms with Gasteiger partial charge in [-0.05, 0) is 41.5 Å². The Balaban J connectivity index is 1.94. The maximum absolute atomic E-state index is 12.9. The number of hydrogen-bond acceptors (Lipinski definition) is 3. The van der Waals surface area contributed by atoms with Crippen molar-refractivity contribution in [3.8, 4) is 0 Å². The van der Waals surface area contributed by atoms with E-state index >= 15 is 0 Å². The summed E-state index contributed by atoms with van der Waals surface area (Å²) >= 11 is 5.99. The number of H-pyrrole nitrogens is 1. The monoisotopic (exact) mass is 395 g/mol. The molecular formula is C22H22ClN3O2. The first-order valence-corrected chi connectivity index (χ1v) is 9.33. The Morgan fingerprint density at radius 3 is 2.36 bits per heavy atom. The summed E-state index contributed by atoms with van der Waals surface area (Å²) in [6.07, 6.45) is 3.35. The molecule has 0 aliphatic heterocycles. The summed E-state index contributed by atoms with van der Waals surface area (Å²) in [6.45, 7) is 5.99. The van der Waals surface area contributed by atoms with Crippen LogP contribution in [0.3, 0.4) is 0 Å². The highest BCUT2D eigenvalue weighted by atomic mass is 35.5. The zero-order valence-corrected chi connectivity index (χ0v) is 16.7. The van der Waals surface area contributed by atoms with Crippen LogP contribution in [0, 0.1) is 0 Å². The van der Waals surface area contributed by atoms with E-state index in [-0.39, 0.29) is 11.0 Å². The second-order valence-electron chi connectivity index (χ2n) is 7.61. The van der Waals surface area contributed by atoms with Gasteiger partial charge in [0, 0.05) is 28.5 Å². The van der Waals surface area contributed by atoms with Crippen LogP contribution in [0.1, 0.15) is 54.0 Å². The third-order valence-electron chi connectivity index (χ3n) is 4.46. The quantitative estimate of drug-likeness (QED) is 0.693. The lowest BCUT2D eigenvalue weighted by Gasteiger charge is -2.21. The standard InChI is InChI=1S/C22H22ClN3O2/c1-22(2,3)18-11-10-17(20(27)25-18)21(28)26-19(15-5-4-12-24-13-15)14-6-8-16(23)9-7-14/h4-13,19H,1-3H3,(H,25,27)(H,26,28)/t19-/m1/s1. The Hall–Kier alpha value is -2.92. The van der Waals surface area contributed by atoms with Gasteiger partial charge in [-0.15, -0.1) is 0 Å². The van der Waals surface area contributed by atoms with E-state index in [1.165, 1.54) is 0 Å². The molecule has 0 aliphatic carbocycles. The van der Waals surface area contributed by atoms with Gasteiger partial charge in [0.05, 0.1) is 6.04 Å². The second kappa shape index (κ2) is 7.98. The Bertz CT molecular complexity index is 1020. The number of amides is 1. The molecule has 0 aliphatic rings. The van der Waals surface area contributed by atoms with Crippen LogP contribution in [0.4, 0.5) is 0 Å². The number of aromatic amines is 1. The van der Waals surface area contributed by atoms with Crippen molar-refractivity contribution in [2.45, 2.75) is 32.2 Å². The molecule has 0 bridgehead atoms. The molecule has 28 heavy (non-hydrogen) atoms. The van der Waals surface area contributed by atoms with Crippen molar-refractivity contribution in [3.63, 3.8) is 0 Å². The van der Waals surface area contributed by atoms with E-state index in [0.29, 0.717) is 5.02 Å². The van der Waals surface area contributed by atoms with Gasteiger partial charge >= 0.3 is 0 Å². The second-order valence-corrected chi connectivity index (χ2v) is 8.05. The van der Waals surface area contributed by atoms with E-state index in [9.17, 15) is 9.59 Å². The Morgan fingerprint density at radius 1 is 1.07 bits per heavy atom. The van der Waals surface area contributed by atoms with Crippen LogP contribution in [0.25, 0.3) is 0 Å². The number of aromatic nitrogens is 2. The number of halogens is 1. The summed E-state index contributed by atoms with van der Waals surface area (Å²) in [5.74, 6) is -0.453. The van der Waals surface area contributed by atoms with Gasteiger partial charge in [0.25, 0.3) is 11.5 Å². The highest BCUT2D eigenvalue weighted by Gasteiger charge is 2.21. The zero-order valence-electron chi connectivity index (χ0n) is 16.0. The van der Waals surface area contributed by atoms with Gasteiger partial charge < -0.3 is 10.3 Å². The van der Waals surface area contributed by atoms with E-state index in [0.717, 1.165) is 16.8 Å². The molecule has 1 amide bonds. The van der Waals surface area contributed by atoms with Gasteiger partial charge in [0.1, 0.15) is 5.56 Å². The molecule has 0 saturated carbocycles. The van der Waals surface area contributed by atoms with E-state index in [1.807, 2.05) is 39.0 Å². The summed E-state index contributed by atoms with van der Waals surface area (Å²) in [6, 6.07) is 13.8. The van der Waals surface area contributed by atoms with Crippen LogP contribution in [0.15, 0.2) is 65.7 Å². The van der Waals surface area contributed by atoms with E-state index in [1.54, 1.807) is 42.7 Å². The first kappa shape index (κ1) is 19.8. The number of pyridine rings is 2. The van der Waals surface area contributed by atoms with Crippen molar-refractivity contribution in [2.24, 2.45) is 0 Å². The smallest absolute Gasteiger partial charge is 0.261 e. The Kier molecular flexibility index (Phi) is 5.66. The number of carbonyl (C=O) groups excluding carboxylic acids is 1. The van der Waals surface area contributed by atoms with Crippen LogP contribution in [-0.2, 0) is 5.41 Å². The minimum Gasteiger partial charge on any atom is -0.341 e. The van der Waals surface area contributed by atoms with Crippen molar-refractivity contribution in [1.29, 1.82) is 0 Å². The molecule has 0 spiro atoms. The Morgan fingerprint density at radius 2 is 1.79 bits per heavy atom. The van der Waals surface area contributed by atoms with E-state index in [2.05, 4.69) is 15.3 Å². The number of nitrogens with zero attached hydrogens (tertiary/aromatic N) is 1. The first-order valence-electron chi connectivity index (χ1n) is 8.96. The summed E-state index contributed by atoms with van der Waals surface area (Å²) in [7, 11) is 0. The third kappa shape index (κ3) is 4.49. The van der Waals surface area contributed by atoms with Gasteiger partial charge in [0.15, 0.2) is 0 Å². The fourth-order valence-electron chi connectivity index (χ4n) is 2.86. The van der Waals surface area contributed by atoms with Crippen LogP contribution >= 0.6 is 11.6 Å². The van der Waals surface area contributed by atoms with E-state index in [4.69, 9.17) is 11.6 Å². The Labute approximate surface area is 168 Å². The lowest BCUT2D eigenvalue weighted by atomic mass is 9.91. The molecule has 2 aromatic heterocycles. The molecule has 6 heteroatoms. The number of hydrogen-bond donors (Lipinski definition) is 2. The SMILES string of the molecule is CC(C)(C)c1ccc(C(=O)N[C@H](c2ccc(Cl)cc2)c2cccnc2)c(=O)[nH]1. The van der Waals surface area contributed by atoms with Crippen LogP contribution in [0.2, 0.25) is 5.02 Å². The number of rotatable bonds is 4. The third-order valence-corrected chi connectivity index (χ3v) is 4.71. The van der Waals surface area contributed by atoms with Crippen LogP contribution < -0.4 is 10.9 Å². The summed E-state index contributed by atoms with van der Waals surface area (Å²) in [5, 5.41) is 3.55. The molecule has 0 unspecified atom stereocenters. The maximum atomic E-state index is 12.9. The molecule has 3 rings (SSSR count). The highest BCUT2D eigenvalue weighted by molar-refractivity contribution is 6.30. The molecule has 144 valence electrons. The average Bonchev–Trinajstić information content (AvgIpc) is 2.66.